The number of carbonyl (C=O) groups is 2. The van der Waals surface area contributed by atoms with Crippen molar-refractivity contribution in [3.63, 3.8) is 0 Å². The summed E-state index contributed by atoms with van der Waals surface area (Å²) in [5.41, 5.74) is -0.946. The van der Waals surface area contributed by atoms with Crippen LogP contribution >= 0.6 is 0 Å². The number of methoxy groups -OCH3 is 2. The molecule has 0 radical (unpaired) electrons. The molecule has 1 aromatic carbocycles. The number of benzene rings is 1. The standard InChI is InChI=1S/C19H21N3O5/c1-19(18(24)22(2)16-14(27-19)6-5-9-20-16)17(23)21-11-12-7-8-13(25-3)10-15(12)26-4/h5-10H,11H2,1-4H3,(H,21,23)/t19-/m1/s1. The largest absolute Gasteiger partial charge is 0.497 e. The van der Waals surface area contributed by atoms with Crippen LogP contribution in [-0.2, 0) is 16.1 Å². The molecule has 1 aliphatic heterocycles. The van der Waals surface area contributed by atoms with E-state index in [-0.39, 0.29) is 6.54 Å². The van der Waals surface area contributed by atoms with E-state index < -0.39 is 17.4 Å². The molecule has 1 aliphatic rings. The maximum absolute atomic E-state index is 12.8. The summed E-state index contributed by atoms with van der Waals surface area (Å²) in [6, 6.07) is 8.63. The van der Waals surface area contributed by atoms with E-state index >= 15 is 0 Å². The fourth-order valence-corrected chi connectivity index (χ4v) is 2.88. The molecule has 0 fully saturated rings. The van der Waals surface area contributed by atoms with Gasteiger partial charge in [-0.1, -0.05) is 0 Å². The van der Waals surface area contributed by atoms with E-state index in [4.69, 9.17) is 14.2 Å². The first-order chi connectivity index (χ1) is 12.9. The van der Waals surface area contributed by atoms with Crippen molar-refractivity contribution >= 4 is 17.6 Å². The Kier molecular flexibility index (Phi) is 4.89. The Labute approximate surface area is 157 Å². The third kappa shape index (κ3) is 3.25. The lowest BCUT2D eigenvalue weighted by Gasteiger charge is -2.36. The van der Waals surface area contributed by atoms with Gasteiger partial charge in [0, 0.05) is 31.4 Å². The third-order valence-corrected chi connectivity index (χ3v) is 4.46. The maximum atomic E-state index is 12.8. The van der Waals surface area contributed by atoms with Gasteiger partial charge in [-0.05, 0) is 31.2 Å². The van der Waals surface area contributed by atoms with Crippen LogP contribution in [0.15, 0.2) is 36.5 Å². The van der Waals surface area contributed by atoms with Crippen molar-refractivity contribution in [1.29, 1.82) is 0 Å². The second-order valence-corrected chi connectivity index (χ2v) is 6.19. The van der Waals surface area contributed by atoms with E-state index in [2.05, 4.69) is 10.3 Å². The summed E-state index contributed by atoms with van der Waals surface area (Å²) in [5.74, 6) is 0.927. The highest BCUT2D eigenvalue weighted by molar-refractivity contribution is 6.15. The Hall–Kier alpha value is -3.29. The van der Waals surface area contributed by atoms with Gasteiger partial charge >= 0.3 is 0 Å². The number of likely N-dealkylation sites (N-methyl/N-ethyl adjacent to an activating group) is 1. The van der Waals surface area contributed by atoms with Crippen LogP contribution in [-0.4, -0.2) is 43.7 Å². The molecule has 0 aliphatic carbocycles. The molecule has 2 aromatic rings. The number of hydrogen-bond donors (Lipinski definition) is 1. The van der Waals surface area contributed by atoms with Crippen molar-refractivity contribution in [2.45, 2.75) is 19.1 Å². The monoisotopic (exact) mass is 371 g/mol. The molecule has 3 rings (SSSR count). The minimum atomic E-state index is -1.69. The Bertz CT molecular complexity index is 885. The van der Waals surface area contributed by atoms with Gasteiger partial charge in [-0.25, -0.2) is 4.98 Å². The topological polar surface area (TPSA) is 90.0 Å². The Morgan fingerprint density at radius 2 is 2.07 bits per heavy atom. The molecule has 0 saturated heterocycles. The van der Waals surface area contributed by atoms with Crippen molar-refractivity contribution in [3.05, 3.63) is 42.1 Å². The predicted octanol–water partition coefficient (Wildman–Crippen LogP) is 1.53. The van der Waals surface area contributed by atoms with Gasteiger partial charge in [-0.2, -0.15) is 0 Å². The summed E-state index contributed by atoms with van der Waals surface area (Å²) < 4.78 is 16.2. The first-order valence-electron chi connectivity index (χ1n) is 8.32. The SMILES string of the molecule is COc1ccc(CNC(=O)[C@@]2(C)Oc3cccnc3N(C)C2=O)c(OC)c1. The van der Waals surface area contributed by atoms with Crippen molar-refractivity contribution in [2.75, 3.05) is 26.2 Å². The van der Waals surface area contributed by atoms with Gasteiger partial charge in [-0.3, -0.25) is 14.5 Å². The number of aromatic nitrogens is 1. The van der Waals surface area contributed by atoms with Crippen LogP contribution in [0, 0.1) is 0 Å². The number of anilines is 1. The summed E-state index contributed by atoms with van der Waals surface area (Å²) in [6.07, 6.45) is 1.56. The van der Waals surface area contributed by atoms with E-state index in [1.54, 1.807) is 50.7 Å². The molecule has 8 heteroatoms. The molecule has 0 unspecified atom stereocenters. The van der Waals surface area contributed by atoms with Gasteiger partial charge in [0.25, 0.3) is 17.4 Å². The number of rotatable bonds is 5. The number of nitrogens with zero attached hydrogens (tertiary/aromatic N) is 2. The second kappa shape index (κ2) is 7.14. The lowest BCUT2D eigenvalue weighted by Crippen LogP contribution is -2.61. The molecular weight excluding hydrogens is 350 g/mol. The van der Waals surface area contributed by atoms with Gasteiger partial charge in [0.1, 0.15) is 11.5 Å². The van der Waals surface area contributed by atoms with Crippen LogP contribution in [0.5, 0.6) is 17.2 Å². The van der Waals surface area contributed by atoms with Crippen molar-refractivity contribution in [1.82, 2.24) is 10.3 Å². The number of carbonyl (C=O) groups excluding carboxylic acids is 2. The van der Waals surface area contributed by atoms with E-state index in [1.165, 1.54) is 18.9 Å². The van der Waals surface area contributed by atoms with E-state index in [9.17, 15) is 9.59 Å². The van der Waals surface area contributed by atoms with Crippen LogP contribution in [0.1, 0.15) is 12.5 Å². The lowest BCUT2D eigenvalue weighted by atomic mass is 10.0. The molecule has 2 heterocycles. The second-order valence-electron chi connectivity index (χ2n) is 6.19. The molecule has 27 heavy (non-hydrogen) atoms. The van der Waals surface area contributed by atoms with Crippen molar-refractivity contribution in [2.24, 2.45) is 0 Å². The van der Waals surface area contributed by atoms with Gasteiger partial charge in [0.05, 0.1) is 14.2 Å². The molecule has 2 amide bonds. The average Bonchev–Trinajstić information content (AvgIpc) is 2.70. The quantitative estimate of drug-likeness (QED) is 0.802. The van der Waals surface area contributed by atoms with E-state index in [0.717, 1.165) is 5.56 Å². The normalized spacial score (nSPS) is 18.4. The highest BCUT2D eigenvalue weighted by Crippen LogP contribution is 2.35. The summed E-state index contributed by atoms with van der Waals surface area (Å²) in [5, 5.41) is 2.75. The van der Waals surface area contributed by atoms with Crippen LogP contribution in [0.3, 0.4) is 0 Å². The van der Waals surface area contributed by atoms with Gasteiger partial charge in [0.15, 0.2) is 11.6 Å². The summed E-state index contributed by atoms with van der Waals surface area (Å²) in [4.78, 5) is 31.0. The number of pyridine rings is 1. The summed E-state index contributed by atoms with van der Waals surface area (Å²) in [7, 11) is 4.66. The number of fused-ring (bicyclic) bond motifs is 1. The smallest absolute Gasteiger partial charge is 0.281 e. The minimum absolute atomic E-state index is 0.168. The predicted molar refractivity (Wildman–Crippen MR) is 98.1 cm³/mol. The molecule has 0 bridgehead atoms. The molecule has 0 saturated carbocycles. The van der Waals surface area contributed by atoms with Crippen LogP contribution in [0.25, 0.3) is 0 Å². The number of ether oxygens (including phenoxy) is 3. The zero-order chi connectivity index (χ0) is 19.6. The lowest BCUT2D eigenvalue weighted by molar-refractivity contribution is -0.148. The van der Waals surface area contributed by atoms with Gasteiger partial charge in [-0.15, -0.1) is 0 Å². The van der Waals surface area contributed by atoms with Crippen molar-refractivity contribution in [3.8, 4) is 17.2 Å². The Morgan fingerprint density at radius 3 is 2.78 bits per heavy atom. The van der Waals surface area contributed by atoms with E-state index in [1.807, 2.05) is 0 Å². The number of nitrogens with one attached hydrogen (secondary N) is 1. The van der Waals surface area contributed by atoms with Gasteiger partial charge < -0.3 is 19.5 Å². The van der Waals surface area contributed by atoms with Crippen molar-refractivity contribution < 1.29 is 23.8 Å². The molecular formula is C19H21N3O5. The highest BCUT2D eigenvalue weighted by atomic mass is 16.5. The highest BCUT2D eigenvalue weighted by Gasteiger charge is 2.50. The Balaban J connectivity index is 1.79. The zero-order valence-electron chi connectivity index (χ0n) is 15.6. The molecule has 8 nitrogen and oxygen atoms in total. The first kappa shape index (κ1) is 18.5. The molecule has 1 atom stereocenters. The first-order valence-corrected chi connectivity index (χ1v) is 8.32. The summed E-state index contributed by atoms with van der Waals surface area (Å²) >= 11 is 0. The minimum Gasteiger partial charge on any atom is -0.497 e. The molecule has 142 valence electrons. The maximum Gasteiger partial charge on any atom is 0.281 e. The number of amides is 2. The third-order valence-electron chi connectivity index (χ3n) is 4.46. The van der Waals surface area contributed by atoms with Crippen LogP contribution < -0.4 is 24.4 Å². The molecule has 0 spiro atoms. The zero-order valence-corrected chi connectivity index (χ0v) is 15.6. The number of hydrogen-bond acceptors (Lipinski definition) is 6. The molecule has 1 N–H and O–H groups in total. The van der Waals surface area contributed by atoms with Crippen LogP contribution in [0.2, 0.25) is 0 Å². The molecule has 1 aromatic heterocycles. The van der Waals surface area contributed by atoms with Crippen LogP contribution in [0.4, 0.5) is 5.82 Å². The fraction of sp³-hybridized carbons (Fsp3) is 0.316. The summed E-state index contributed by atoms with van der Waals surface area (Å²) in [6.45, 7) is 1.62. The average molecular weight is 371 g/mol. The van der Waals surface area contributed by atoms with Gasteiger partial charge in [0.2, 0.25) is 0 Å². The van der Waals surface area contributed by atoms with E-state index in [0.29, 0.717) is 23.1 Å². The fourth-order valence-electron chi connectivity index (χ4n) is 2.88. The Morgan fingerprint density at radius 1 is 1.30 bits per heavy atom.